The highest BCUT2D eigenvalue weighted by Crippen LogP contribution is 2.61. The molecular formula is C8H11N6O3PS4. The summed E-state index contributed by atoms with van der Waals surface area (Å²) in [6.45, 7) is 0. The molecule has 14 heteroatoms. The summed E-state index contributed by atoms with van der Waals surface area (Å²) in [6.07, 6.45) is 0. The zero-order chi connectivity index (χ0) is 16.2. The van der Waals surface area contributed by atoms with Gasteiger partial charge < -0.3 is 20.5 Å². The van der Waals surface area contributed by atoms with Gasteiger partial charge in [0, 0.05) is 19.6 Å². The van der Waals surface area contributed by atoms with E-state index in [2.05, 4.69) is 20.4 Å². The highest BCUT2D eigenvalue weighted by molar-refractivity contribution is 8.13. The van der Waals surface area contributed by atoms with Gasteiger partial charge in [0.05, 0.1) is 0 Å². The van der Waals surface area contributed by atoms with Gasteiger partial charge >= 0.3 is 7.60 Å². The first-order chi connectivity index (χ1) is 10.5. The third-order valence-corrected chi connectivity index (χ3v) is 8.30. The molecule has 2 heterocycles. The Bertz CT molecular complexity index is 710. The zero-order valence-electron chi connectivity index (χ0n) is 11.3. The first-order valence-electron chi connectivity index (χ1n) is 5.41. The molecule has 0 saturated carbocycles. The van der Waals surface area contributed by atoms with E-state index in [9.17, 15) is 4.57 Å². The first-order valence-corrected chi connectivity index (χ1v) is 10.3. The molecule has 0 aliphatic carbocycles. The number of hydrogen-bond donors (Lipinski definition) is 2. The Morgan fingerprint density at radius 3 is 2.09 bits per heavy atom. The van der Waals surface area contributed by atoms with E-state index in [1.165, 1.54) is 48.7 Å². The maximum Gasteiger partial charge on any atom is 0.368 e. The molecule has 0 amide bonds. The molecule has 0 aliphatic heterocycles. The summed E-state index contributed by atoms with van der Waals surface area (Å²) >= 11 is 4.70. The lowest BCUT2D eigenvalue weighted by Crippen LogP contribution is -1.90. The van der Waals surface area contributed by atoms with Crippen molar-refractivity contribution >= 4 is 64.1 Å². The minimum atomic E-state index is -3.45. The zero-order valence-corrected chi connectivity index (χ0v) is 15.5. The van der Waals surface area contributed by atoms with E-state index >= 15 is 0 Å². The Kier molecular flexibility index (Phi) is 6.20. The Morgan fingerprint density at radius 1 is 1.09 bits per heavy atom. The van der Waals surface area contributed by atoms with Gasteiger partial charge in [0.2, 0.25) is 10.3 Å². The lowest BCUT2D eigenvalue weighted by molar-refractivity contribution is 0.285. The van der Waals surface area contributed by atoms with Crippen LogP contribution in [-0.2, 0) is 13.6 Å². The molecule has 22 heavy (non-hydrogen) atoms. The van der Waals surface area contributed by atoms with Crippen molar-refractivity contribution in [1.29, 1.82) is 0 Å². The van der Waals surface area contributed by atoms with Crippen LogP contribution in [0, 0.1) is 0 Å². The lowest BCUT2D eigenvalue weighted by Gasteiger charge is -2.15. The predicted molar refractivity (Wildman–Crippen MR) is 90.1 cm³/mol. The van der Waals surface area contributed by atoms with E-state index < -0.39 is 7.60 Å². The van der Waals surface area contributed by atoms with Crippen molar-refractivity contribution in [3.8, 4) is 0 Å². The molecule has 0 radical (unpaired) electrons. The molecule has 2 aromatic rings. The van der Waals surface area contributed by atoms with Gasteiger partial charge in [-0.1, -0.05) is 34.4 Å². The van der Waals surface area contributed by atoms with Gasteiger partial charge in [-0.3, -0.25) is 4.57 Å². The average Bonchev–Trinajstić information content (AvgIpc) is 3.11. The van der Waals surface area contributed by atoms with E-state index in [0.717, 1.165) is 11.8 Å². The molecule has 2 rings (SSSR count). The Hall–Kier alpha value is -0.690. The molecule has 120 valence electrons. The van der Waals surface area contributed by atoms with Crippen molar-refractivity contribution in [2.45, 2.75) is 8.68 Å². The fourth-order valence-corrected chi connectivity index (χ4v) is 6.50. The van der Waals surface area contributed by atoms with Crippen LogP contribution < -0.4 is 11.5 Å². The van der Waals surface area contributed by atoms with Crippen molar-refractivity contribution in [2.24, 2.45) is 0 Å². The summed E-state index contributed by atoms with van der Waals surface area (Å²) < 4.78 is 24.1. The van der Waals surface area contributed by atoms with Crippen LogP contribution in [0.3, 0.4) is 0 Å². The Morgan fingerprint density at radius 2 is 1.64 bits per heavy atom. The van der Waals surface area contributed by atoms with Crippen LogP contribution in [0.2, 0.25) is 0 Å². The van der Waals surface area contributed by atoms with Crippen LogP contribution in [0.4, 0.5) is 10.3 Å². The number of aromatic nitrogens is 4. The molecular weight excluding hydrogens is 387 g/mol. The van der Waals surface area contributed by atoms with Crippen LogP contribution in [0.25, 0.3) is 0 Å². The second kappa shape index (κ2) is 7.73. The van der Waals surface area contributed by atoms with Gasteiger partial charge in [0.15, 0.2) is 8.68 Å². The van der Waals surface area contributed by atoms with Crippen LogP contribution in [0.5, 0.6) is 0 Å². The van der Waals surface area contributed by atoms with Crippen molar-refractivity contribution in [1.82, 2.24) is 20.4 Å². The fraction of sp³-hybridized carbons (Fsp3) is 0.250. The molecule has 0 aromatic carbocycles. The smallest absolute Gasteiger partial charge is 0.368 e. The van der Waals surface area contributed by atoms with Gasteiger partial charge in [-0.2, -0.15) is 0 Å². The van der Waals surface area contributed by atoms with Crippen LogP contribution in [0.1, 0.15) is 0 Å². The number of thioether (sulfide) groups is 2. The standard InChI is InChI=1S/C8H11N6O3PS4/c1-16-18(15,17-2)4(20-8-14-12-6(10)22-8)3-19-7-13-11-5(9)21-7/h3H,1-2H3,(H2,9,11)(H2,10,12)/b4-3-. The number of nitrogens with two attached hydrogens (primary N) is 2. The number of nitrogen functional groups attached to an aromatic ring is 2. The van der Waals surface area contributed by atoms with Crippen molar-refractivity contribution in [2.75, 3.05) is 25.7 Å². The Labute approximate surface area is 142 Å². The van der Waals surface area contributed by atoms with E-state index in [-0.39, 0.29) is 0 Å². The summed E-state index contributed by atoms with van der Waals surface area (Å²) in [5.74, 6) is 0. The van der Waals surface area contributed by atoms with E-state index in [4.69, 9.17) is 20.5 Å². The molecule has 0 atom stereocenters. The van der Waals surface area contributed by atoms with Crippen LogP contribution in [-0.4, -0.2) is 34.6 Å². The summed E-state index contributed by atoms with van der Waals surface area (Å²) in [4.78, 5) is 0. The highest BCUT2D eigenvalue weighted by Gasteiger charge is 2.30. The molecule has 0 aliphatic rings. The molecule has 0 spiro atoms. The molecule has 0 saturated heterocycles. The van der Waals surface area contributed by atoms with Crippen LogP contribution in [0.15, 0.2) is 18.7 Å². The van der Waals surface area contributed by atoms with E-state index in [1.54, 1.807) is 5.41 Å². The quantitative estimate of drug-likeness (QED) is 0.525. The van der Waals surface area contributed by atoms with E-state index in [1.807, 2.05) is 0 Å². The summed E-state index contributed by atoms with van der Waals surface area (Å²) in [7, 11) is -0.839. The first kappa shape index (κ1) is 17.7. The van der Waals surface area contributed by atoms with Crippen molar-refractivity contribution in [3.63, 3.8) is 0 Å². The van der Waals surface area contributed by atoms with Crippen LogP contribution >= 0.6 is 53.8 Å². The molecule has 9 nitrogen and oxygen atoms in total. The van der Waals surface area contributed by atoms with Gasteiger partial charge in [-0.25, -0.2) is 0 Å². The van der Waals surface area contributed by atoms with Gasteiger partial charge in [-0.15, -0.1) is 20.4 Å². The monoisotopic (exact) mass is 398 g/mol. The normalized spacial score (nSPS) is 12.7. The minimum Gasteiger partial charge on any atom is -0.374 e. The Balaban J connectivity index is 2.26. The minimum absolute atomic E-state index is 0.316. The molecule has 0 fully saturated rings. The maximum absolute atomic E-state index is 12.6. The summed E-state index contributed by atoms with van der Waals surface area (Å²) in [6, 6.07) is 0. The van der Waals surface area contributed by atoms with Gasteiger partial charge in [-0.05, 0) is 11.8 Å². The molecule has 0 unspecified atom stereocenters. The topological polar surface area (TPSA) is 139 Å². The molecule has 2 aromatic heterocycles. The third-order valence-electron chi connectivity index (χ3n) is 2.05. The van der Waals surface area contributed by atoms with Crippen molar-refractivity contribution < 1.29 is 13.6 Å². The number of nitrogens with zero attached hydrogens (tertiary/aromatic N) is 4. The van der Waals surface area contributed by atoms with Crippen molar-refractivity contribution in [3.05, 3.63) is 10.1 Å². The SMILES string of the molecule is COP(=O)(OC)/C(=C/Sc1nnc(N)s1)Sc1nnc(N)s1. The largest absolute Gasteiger partial charge is 0.374 e. The number of anilines is 2. The maximum atomic E-state index is 12.6. The predicted octanol–water partition coefficient (Wildman–Crippen LogP) is 2.72. The number of hydrogen-bond acceptors (Lipinski definition) is 13. The second-order valence-electron chi connectivity index (χ2n) is 3.35. The molecule has 0 bridgehead atoms. The second-order valence-corrected chi connectivity index (χ2v) is 10.3. The summed E-state index contributed by atoms with van der Waals surface area (Å²) in [5.41, 5.74) is 11.1. The number of rotatable bonds is 7. The third kappa shape index (κ3) is 4.41. The molecule has 4 N–H and O–H groups in total. The highest BCUT2D eigenvalue weighted by atomic mass is 32.2. The summed E-state index contributed by atoms with van der Waals surface area (Å²) in [5, 5.41) is 17.4. The van der Waals surface area contributed by atoms with Gasteiger partial charge in [0.1, 0.15) is 4.65 Å². The fourth-order valence-electron chi connectivity index (χ4n) is 1.12. The van der Waals surface area contributed by atoms with Gasteiger partial charge in [0.25, 0.3) is 0 Å². The lowest BCUT2D eigenvalue weighted by atomic mass is 11.2. The average molecular weight is 398 g/mol. The van der Waals surface area contributed by atoms with E-state index in [0.29, 0.717) is 23.6 Å².